The summed E-state index contributed by atoms with van der Waals surface area (Å²) in [5.74, 6) is 1.30. The maximum Gasteiger partial charge on any atom is 0.433 e. The van der Waals surface area contributed by atoms with Crippen molar-refractivity contribution in [2.24, 2.45) is 0 Å². The Labute approximate surface area is 182 Å². The lowest BCUT2D eigenvalue weighted by Crippen LogP contribution is -2.47. The maximum atomic E-state index is 13.4. The molecule has 1 saturated heterocycles. The zero-order chi connectivity index (χ0) is 22.1. The molecule has 1 aromatic carbocycles. The zero-order valence-corrected chi connectivity index (χ0v) is 17.0. The molecule has 32 heavy (non-hydrogen) atoms. The maximum absolute atomic E-state index is 13.4. The molecule has 1 aliphatic heterocycles. The zero-order valence-electron chi connectivity index (χ0n) is 17.0. The van der Waals surface area contributed by atoms with Crippen LogP contribution >= 0.6 is 0 Å². The van der Waals surface area contributed by atoms with Crippen LogP contribution in [0.2, 0.25) is 0 Å². The van der Waals surface area contributed by atoms with Gasteiger partial charge in [0, 0.05) is 55.7 Å². The quantitative estimate of drug-likeness (QED) is 0.474. The topological polar surface area (TPSA) is 58.0 Å². The Morgan fingerprint density at radius 1 is 0.750 bits per heavy atom. The summed E-state index contributed by atoms with van der Waals surface area (Å²) in [7, 11) is 0. The summed E-state index contributed by atoms with van der Waals surface area (Å²) in [5.41, 5.74) is 0.733. The second kappa shape index (κ2) is 8.07. The van der Waals surface area contributed by atoms with Crippen LogP contribution in [-0.2, 0) is 6.18 Å². The third-order valence-electron chi connectivity index (χ3n) is 5.50. The van der Waals surface area contributed by atoms with E-state index in [1.807, 2.05) is 30.3 Å². The van der Waals surface area contributed by atoms with E-state index in [0.717, 1.165) is 11.6 Å². The lowest BCUT2D eigenvalue weighted by molar-refractivity contribution is -0.140. The van der Waals surface area contributed by atoms with Crippen LogP contribution in [0.25, 0.3) is 22.0 Å². The SMILES string of the molecule is FC(F)(F)c1ccc2c(N3CCN(c4ncccn4)CC3)ncc(-c3ccccc3)c2n1. The van der Waals surface area contributed by atoms with Gasteiger partial charge >= 0.3 is 6.18 Å². The molecule has 0 saturated carbocycles. The van der Waals surface area contributed by atoms with E-state index in [9.17, 15) is 13.2 Å². The second-order valence-corrected chi connectivity index (χ2v) is 7.47. The number of fused-ring (bicyclic) bond motifs is 1. The van der Waals surface area contributed by atoms with Gasteiger partial charge in [-0.2, -0.15) is 13.2 Å². The molecule has 3 aromatic heterocycles. The predicted molar refractivity (Wildman–Crippen MR) is 116 cm³/mol. The van der Waals surface area contributed by atoms with Gasteiger partial charge in [-0.1, -0.05) is 30.3 Å². The number of anilines is 2. The number of nitrogens with zero attached hydrogens (tertiary/aromatic N) is 6. The van der Waals surface area contributed by atoms with Crippen LogP contribution in [0.3, 0.4) is 0 Å². The second-order valence-electron chi connectivity index (χ2n) is 7.47. The van der Waals surface area contributed by atoms with E-state index in [1.54, 1.807) is 24.7 Å². The van der Waals surface area contributed by atoms with Crippen LogP contribution in [-0.4, -0.2) is 46.1 Å². The first-order valence-corrected chi connectivity index (χ1v) is 10.2. The first kappa shape index (κ1) is 20.2. The lowest BCUT2D eigenvalue weighted by Gasteiger charge is -2.35. The van der Waals surface area contributed by atoms with Gasteiger partial charge in [-0.05, 0) is 23.8 Å². The van der Waals surface area contributed by atoms with Crippen molar-refractivity contribution in [1.82, 2.24) is 19.9 Å². The third kappa shape index (κ3) is 3.81. The summed E-state index contributed by atoms with van der Waals surface area (Å²) >= 11 is 0. The molecule has 0 radical (unpaired) electrons. The summed E-state index contributed by atoms with van der Waals surface area (Å²) in [6.45, 7) is 2.65. The van der Waals surface area contributed by atoms with Gasteiger partial charge in [0.15, 0.2) is 0 Å². The molecule has 9 heteroatoms. The molecule has 0 spiro atoms. The smallest absolute Gasteiger partial charge is 0.353 e. The van der Waals surface area contributed by atoms with E-state index < -0.39 is 11.9 Å². The number of hydrogen-bond donors (Lipinski definition) is 0. The predicted octanol–water partition coefficient (Wildman–Crippen LogP) is 4.43. The van der Waals surface area contributed by atoms with Gasteiger partial charge in [0.2, 0.25) is 5.95 Å². The van der Waals surface area contributed by atoms with Crippen molar-refractivity contribution in [3.63, 3.8) is 0 Å². The summed E-state index contributed by atoms with van der Waals surface area (Å²) in [6.07, 6.45) is 0.506. The van der Waals surface area contributed by atoms with E-state index in [0.29, 0.717) is 54.4 Å². The highest BCUT2D eigenvalue weighted by Gasteiger charge is 2.33. The van der Waals surface area contributed by atoms with Crippen molar-refractivity contribution in [2.75, 3.05) is 36.0 Å². The van der Waals surface area contributed by atoms with Crippen LogP contribution < -0.4 is 9.80 Å². The molecule has 0 unspecified atom stereocenters. The molecule has 0 bridgehead atoms. The first-order chi connectivity index (χ1) is 15.5. The Hall–Kier alpha value is -3.75. The largest absolute Gasteiger partial charge is 0.433 e. The standard InChI is InChI=1S/C23H19F3N6/c24-23(25,26)19-8-7-17-20(30-19)18(16-5-2-1-3-6-16)15-29-21(17)31-11-13-32(14-12-31)22-27-9-4-10-28-22/h1-10,15H,11-14H2. The molecule has 1 fully saturated rings. The minimum absolute atomic E-state index is 0.296. The molecule has 5 rings (SSSR count). The van der Waals surface area contributed by atoms with E-state index in [2.05, 4.69) is 29.7 Å². The van der Waals surface area contributed by atoms with Gasteiger partial charge in [-0.15, -0.1) is 0 Å². The Morgan fingerprint density at radius 2 is 1.44 bits per heavy atom. The van der Waals surface area contributed by atoms with Gasteiger partial charge in [-0.25, -0.2) is 19.9 Å². The number of pyridine rings is 2. The van der Waals surface area contributed by atoms with Crippen LogP contribution in [0.5, 0.6) is 0 Å². The van der Waals surface area contributed by atoms with Crippen LogP contribution in [0, 0.1) is 0 Å². The fraction of sp³-hybridized carbons (Fsp3) is 0.217. The summed E-state index contributed by atoms with van der Waals surface area (Å²) in [6, 6.07) is 13.5. The Bertz CT molecular complexity index is 1220. The first-order valence-electron chi connectivity index (χ1n) is 10.2. The van der Waals surface area contributed by atoms with Gasteiger partial charge < -0.3 is 9.80 Å². The molecule has 4 heterocycles. The minimum atomic E-state index is -4.52. The van der Waals surface area contributed by atoms with Crippen molar-refractivity contribution in [1.29, 1.82) is 0 Å². The Morgan fingerprint density at radius 3 is 2.12 bits per heavy atom. The van der Waals surface area contributed by atoms with Gasteiger partial charge in [-0.3, -0.25) is 0 Å². The van der Waals surface area contributed by atoms with Crippen molar-refractivity contribution >= 4 is 22.7 Å². The van der Waals surface area contributed by atoms with E-state index >= 15 is 0 Å². The average Bonchev–Trinajstić information content (AvgIpc) is 2.84. The van der Waals surface area contributed by atoms with Gasteiger partial charge in [0.05, 0.1) is 5.52 Å². The Kier molecular flexibility index (Phi) is 5.08. The average molecular weight is 436 g/mol. The lowest BCUT2D eigenvalue weighted by atomic mass is 10.0. The highest BCUT2D eigenvalue weighted by Crippen LogP contribution is 2.36. The molecule has 6 nitrogen and oxygen atoms in total. The summed E-state index contributed by atoms with van der Waals surface area (Å²) < 4.78 is 40.2. The number of benzene rings is 1. The number of alkyl halides is 3. The van der Waals surface area contributed by atoms with Gasteiger partial charge in [0.1, 0.15) is 11.5 Å². The number of aromatic nitrogens is 4. The fourth-order valence-electron chi connectivity index (χ4n) is 3.91. The number of halogens is 3. The molecular formula is C23H19F3N6. The summed E-state index contributed by atoms with van der Waals surface area (Å²) in [5, 5.41) is 0.601. The molecular weight excluding hydrogens is 417 g/mol. The molecule has 0 N–H and O–H groups in total. The molecule has 162 valence electrons. The van der Waals surface area contributed by atoms with Crippen LogP contribution in [0.1, 0.15) is 5.69 Å². The van der Waals surface area contributed by atoms with Crippen molar-refractivity contribution < 1.29 is 13.2 Å². The highest BCUT2D eigenvalue weighted by molar-refractivity contribution is 5.99. The highest BCUT2D eigenvalue weighted by atomic mass is 19.4. The number of rotatable bonds is 3. The minimum Gasteiger partial charge on any atom is -0.353 e. The van der Waals surface area contributed by atoms with Crippen LogP contribution in [0.15, 0.2) is 67.1 Å². The van der Waals surface area contributed by atoms with E-state index in [1.165, 1.54) is 6.07 Å². The van der Waals surface area contributed by atoms with E-state index in [4.69, 9.17) is 0 Å². The van der Waals surface area contributed by atoms with E-state index in [-0.39, 0.29) is 0 Å². The fourth-order valence-corrected chi connectivity index (χ4v) is 3.91. The normalized spacial score (nSPS) is 14.7. The van der Waals surface area contributed by atoms with Crippen molar-refractivity contribution in [2.45, 2.75) is 6.18 Å². The molecule has 0 amide bonds. The molecule has 1 aliphatic rings. The Balaban J connectivity index is 1.53. The molecule has 0 aliphatic carbocycles. The number of hydrogen-bond acceptors (Lipinski definition) is 6. The van der Waals surface area contributed by atoms with Crippen molar-refractivity contribution in [3.05, 3.63) is 72.8 Å². The molecule has 4 aromatic rings. The molecule has 0 atom stereocenters. The summed E-state index contributed by atoms with van der Waals surface area (Å²) in [4.78, 5) is 21.4. The third-order valence-corrected chi connectivity index (χ3v) is 5.50. The van der Waals surface area contributed by atoms with Crippen LogP contribution in [0.4, 0.5) is 24.9 Å². The van der Waals surface area contributed by atoms with Crippen molar-refractivity contribution in [3.8, 4) is 11.1 Å². The monoisotopic (exact) mass is 436 g/mol. The van der Waals surface area contributed by atoms with Gasteiger partial charge in [0.25, 0.3) is 0 Å². The number of piperazine rings is 1.